The van der Waals surface area contributed by atoms with Gasteiger partial charge in [-0.05, 0) is 38.0 Å². The normalized spacial score (nSPS) is 24.0. The van der Waals surface area contributed by atoms with Gasteiger partial charge in [-0.3, -0.25) is 0 Å². The van der Waals surface area contributed by atoms with Crippen LogP contribution < -0.4 is 5.32 Å². The predicted octanol–water partition coefficient (Wildman–Crippen LogP) is 5.29. The van der Waals surface area contributed by atoms with Gasteiger partial charge in [-0.25, -0.2) is 0 Å². The minimum Gasteiger partial charge on any atom is -0.311 e. The molecule has 0 radical (unpaired) electrons. The van der Waals surface area contributed by atoms with Gasteiger partial charge in [-0.2, -0.15) is 0 Å². The standard InChI is InChI=1S/C17H35N/c1-4-6-8-10-16(11-9-7-5-2)18-17-13-12-15(3)14-17/h15-18H,4-14H2,1-3H3. The zero-order chi connectivity index (χ0) is 13.2. The topological polar surface area (TPSA) is 12.0 Å². The monoisotopic (exact) mass is 253 g/mol. The molecule has 0 saturated heterocycles. The fraction of sp³-hybridized carbons (Fsp3) is 1.00. The molecule has 0 aliphatic heterocycles. The molecule has 1 saturated carbocycles. The molecule has 1 heteroatoms. The molecule has 0 aromatic rings. The first-order valence-electron chi connectivity index (χ1n) is 8.52. The lowest BCUT2D eigenvalue weighted by molar-refractivity contribution is 0.366. The second-order valence-electron chi connectivity index (χ2n) is 6.47. The number of hydrogen-bond acceptors (Lipinski definition) is 1. The van der Waals surface area contributed by atoms with Crippen LogP contribution in [0.15, 0.2) is 0 Å². The van der Waals surface area contributed by atoms with Crippen molar-refractivity contribution >= 4 is 0 Å². The third kappa shape index (κ3) is 6.78. The van der Waals surface area contributed by atoms with Crippen LogP contribution >= 0.6 is 0 Å². The van der Waals surface area contributed by atoms with E-state index in [1.165, 1.54) is 70.6 Å². The molecule has 1 fully saturated rings. The molecule has 0 aromatic carbocycles. The fourth-order valence-electron chi connectivity index (χ4n) is 3.28. The summed E-state index contributed by atoms with van der Waals surface area (Å²) in [7, 11) is 0. The maximum Gasteiger partial charge on any atom is 0.00722 e. The van der Waals surface area contributed by atoms with Crippen molar-refractivity contribution in [2.24, 2.45) is 5.92 Å². The van der Waals surface area contributed by atoms with E-state index in [4.69, 9.17) is 0 Å². The van der Waals surface area contributed by atoms with E-state index in [9.17, 15) is 0 Å². The Balaban J connectivity index is 2.23. The summed E-state index contributed by atoms with van der Waals surface area (Å²) in [5.41, 5.74) is 0. The van der Waals surface area contributed by atoms with E-state index in [1.54, 1.807) is 0 Å². The highest BCUT2D eigenvalue weighted by Gasteiger charge is 2.23. The Morgan fingerprint density at radius 2 is 1.56 bits per heavy atom. The number of hydrogen-bond donors (Lipinski definition) is 1. The van der Waals surface area contributed by atoms with E-state index >= 15 is 0 Å². The molecule has 1 rings (SSSR count). The molecule has 1 N–H and O–H groups in total. The maximum absolute atomic E-state index is 3.96. The minimum absolute atomic E-state index is 0.804. The predicted molar refractivity (Wildman–Crippen MR) is 82.0 cm³/mol. The van der Waals surface area contributed by atoms with E-state index < -0.39 is 0 Å². The Kier molecular flexibility index (Phi) is 8.75. The molecule has 1 aliphatic carbocycles. The van der Waals surface area contributed by atoms with Crippen molar-refractivity contribution in [2.75, 3.05) is 0 Å². The van der Waals surface area contributed by atoms with E-state index in [-0.39, 0.29) is 0 Å². The molecule has 2 atom stereocenters. The lowest BCUT2D eigenvalue weighted by atomic mass is 10.0. The van der Waals surface area contributed by atoms with Crippen molar-refractivity contribution in [2.45, 2.75) is 103 Å². The zero-order valence-corrected chi connectivity index (χ0v) is 13.0. The maximum atomic E-state index is 3.96. The van der Waals surface area contributed by atoms with Crippen molar-refractivity contribution in [1.29, 1.82) is 0 Å². The van der Waals surface area contributed by atoms with Gasteiger partial charge in [0.1, 0.15) is 0 Å². The van der Waals surface area contributed by atoms with Gasteiger partial charge in [-0.15, -0.1) is 0 Å². The summed E-state index contributed by atoms with van der Waals surface area (Å²) >= 11 is 0. The van der Waals surface area contributed by atoms with Crippen molar-refractivity contribution in [3.8, 4) is 0 Å². The van der Waals surface area contributed by atoms with Gasteiger partial charge in [-0.1, -0.05) is 59.3 Å². The van der Waals surface area contributed by atoms with Crippen LogP contribution in [-0.4, -0.2) is 12.1 Å². The van der Waals surface area contributed by atoms with Crippen LogP contribution in [0.1, 0.15) is 91.4 Å². The molecule has 108 valence electrons. The van der Waals surface area contributed by atoms with Gasteiger partial charge in [0.05, 0.1) is 0 Å². The zero-order valence-electron chi connectivity index (χ0n) is 13.0. The van der Waals surface area contributed by atoms with E-state index in [2.05, 4.69) is 26.1 Å². The molecule has 0 heterocycles. The van der Waals surface area contributed by atoms with Crippen molar-refractivity contribution in [3.63, 3.8) is 0 Å². The Labute approximate surface area is 115 Å². The lowest BCUT2D eigenvalue weighted by Gasteiger charge is -2.23. The highest BCUT2D eigenvalue weighted by molar-refractivity contribution is 4.81. The molecule has 0 aromatic heterocycles. The van der Waals surface area contributed by atoms with Crippen LogP contribution in [0.25, 0.3) is 0 Å². The lowest BCUT2D eigenvalue weighted by Crippen LogP contribution is -2.36. The van der Waals surface area contributed by atoms with Gasteiger partial charge in [0.25, 0.3) is 0 Å². The molecule has 0 bridgehead atoms. The summed E-state index contributed by atoms with van der Waals surface area (Å²) in [5.74, 6) is 0.953. The molecule has 2 unspecified atom stereocenters. The van der Waals surface area contributed by atoms with Gasteiger partial charge < -0.3 is 5.32 Å². The smallest absolute Gasteiger partial charge is 0.00722 e. The highest BCUT2D eigenvalue weighted by atomic mass is 15.0. The average molecular weight is 253 g/mol. The minimum atomic E-state index is 0.804. The SMILES string of the molecule is CCCCCC(CCCCC)NC1CCC(C)C1. The Morgan fingerprint density at radius 3 is 2.00 bits per heavy atom. The van der Waals surface area contributed by atoms with Gasteiger partial charge in [0, 0.05) is 12.1 Å². The third-order valence-corrected chi connectivity index (χ3v) is 4.48. The van der Waals surface area contributed by atoms with Crippen LogP contribution in [0.3, 0.4) is 0 Å². The Hall–Kier alpha value is -0.0400. The van der Waals surface area contributed by atoms with Crippen molar-refractivity contribution < 1.29 is 0 Å². The summed E-state index contributed by atoms with van der Waals surface area (Å²) in [6, 6.07) is 1.63. The van der Waals surface area contributed by atoms with Crippen molar-refractivity contribution in [3.05, 3.63) is 0 Å². The van der Waals surface area contributed by atoms with Gasteiger partial charge in [0.2, 0.25) is 0 Å². The highest BCUT2D eigenvalue weighted by Crippen LogP contribution is 2.26. The quantitative estimate of drug-likeness (QED) is 0.521. The number of rotatable bonds is 10. The van der Waals surface area contributed by atoms with E-state index in [0.717, 1.165) is 18.0 Å². The van der Waals surface area contributed by atoms with Crippen molar-refractivity contribution in [1.82, 2.24) is 5.32 Å². The summed E-state index contributed by atoms with van der Waals surface area (Å²) < 4.78 is 0. The second kappa shape index (κ2) is 9.83. The van der Waals surface area contributed by atoms with Crippen LogP contribution in [0.2, 0.25) is 0 Å². The molecule has 1 nitrogen and oxygen atoms in total. The van der Waals surface area contributed by atoms with Crippen LogP contribution in [0.4, 0.5) is 0 Å². The fourth-order valence-corrected chi connectivity index (χ4v) is 3.28. The first-order chi connectivity index (χ1) is 8.76. The number of nitrogens with one attached hydrogen (secondary N) is 1. The van der Waals surface area contributed by atoms with Gasteiger partial charge in [0.15, 0.2) is 0 Å². The van der Waals surface area contributed by atoms with Crippen LogP contribution in [0.5, 0.6) is 0 Å². The first kappa shape index (κ1) is 16.0. The molecular formula is C17H35N. The Morgan fingerprint density at radius 1 is 0.944 bits per heavy atom. The average Bonchev–Trinajstić information content (AvgIpc) is 2.75. The molecule has 1 aliphatic rings. The number of unbranched alkanes of at least 4 members (excludes halogenated alkanes) is 4. The molecule has 18 heavy (non-hydrogen) atoms. The summed E-state index contributed by atoms with van der Waals surface area (Å²) in [6.07, 6.45) is 15.4. The second-order valence-corrected chi connectivity index (χ2v) is 6.47. The largest absolute Gasteiger partial charge is 0.311 e. The first-order valence-corrected chi connectivity index (χ1v) is 8.52. The Bertz CT molecular complexity index is 180. The molecular weight excluding hydrogens is 218 g/mol. The van der Waals surface area contributed by atoms with Crippen LogP contribution in [-0.2, 0) is 0 Å². The van der Waals surface area contributed by atoms with E-state index in [1.807, 2.05) is 0 Å². The molecule has 0 spiro atoms. The summed E-state index contributed by atoms with van der Waals surface area (Å²) in [4.78, 5) is 0. The molecule has 0 amide bonds. The summed E-state index contributed by atoms with van der Waals surface area (Å²) in [6.45, 7) is 7.02. The third-order valence-electron chi connectivity index (χ3n) is 4.48. The van der Waals surface area contributed by atoms with Gasteiger partial charge >= 0.3 is 0 Å². The van der Waals surface area contributed by atoms with Crippen LogP contribution in [0, 0.1) is 5.92 Å². The summed E-state index contributed by atoms with van der Waals surface area (Å²) in [5, 5.41) is 3.96. The van der Waals surface area contributed by atoms with E-state index in [0.29, 0.717) is 0 Å².